The number of ether oxygens (including phenoxy) is 1. The Labute approximate surface area is 106 Å². The van der Waals surface area contributed by atoms with E-state index in [4.69, 9.17) is 0 Å². The fourth-order valence-corrected chi connectivity index (χ4v) is 1.32. The summed E-state index contributed by atoms with van der Waals surface area (Å²) in [5.41, 5.74) is -0.372. The summed E-state index contributed by atoms with van der Waals surface area (Å²) in [5, 5.41) is 0. The van der Waals surface area contributed by atoms with Crippen LogP contribution in [0.15, 0.2) is 11.8 Å². The number of halogens is 2. The van der Waals surface area contributed by atoms with E-state index in [0.29, 0.717) is 0 Å². The number of hydrogen-bond donors (Lipinski definition) is 0. The van der Waals surface area contributed by atoms with Gasteiger partial charge in [-0.1, -0.05) is 6.92 Å². The lowest BCUT2D eigenvalue weighted by molar-refractivity contribution is -0.141. The van der Waals surface area contributed by atoms with Crippen LogP contribution in [-0.2, 0) is 14.3 Å². The Morgan fingerprint density at radius 2 is 1.89 bits per heavy atom. The maximum absolute atomic E-state index is 13.4. The van der Waals surface area contributed by atoms with Gasteiger partial charge in [-0.25, -0.2) is 13.6 Å². The fourth-order valence-electron chi connectivity index (χ4n) is 1.32. The van der Waals surface area contributed by atoms with Crippen molar-refractivity contribution in [1.29, 1.82) is 0 Å². The number of Topliss-reactive ketones (excluding diaryl/α,β-unsaturated/α-hetero) is 1. The Kier molecular flexibility index (Phi) is 5.94. The van der Waals surface area contributed by atoms with Gasteiger partial charge in [0.05, 0.1) is 13.0 Å². The largest absolute Gasteiger partial charge is 0.465 e. The predicted molar refractivity (Wildman–Crippen MR) is 63.2 cm³/mol. The number of hydrogen-bond acceptors (Lipinski definition) is 4. The second-order valence-electron chi connectivity index (χ2n) is 4.20. The number of nitrogens with zero attached hydrogens (tertiary/aromatic N) is 1. The normalized spacial score (nSPS) is 14.1. The molecule has 0 saturated carbocycles. The van der Waals surface area contributed by atoms with Crippen LogP contribution in [0.1, 0.15) is 20.3 Å². The number of esters is 1. The van der Waals surface area contributed by atoms with Crippen molar-refractivity contribution in [2.75, 3.05) is 21.2 Å². The van der Waals surface area contributed by atoms with Gasteiger partial charge in [0.25, 0.3) is 5.92 Å². The van der Waals surface area contributed by atoms with Crippen LogP contribution in [0.3, 0.4) is 0 Å². The first-order valence-electron chi connectivity index (χ1n) is 5.56. The monoisotopic (exact) mass is 263 g/mol. The summed E-state index contributed by atoms with van der Waals surface area (Å²) >= 11 is 0. The van der Waals surface area contributed by atoms with Crippen molar-refractivity contribution < 1.29 is 23.1 Å². The number of ketones is 1. The third-order valence-corrected chi connectivity index (χ3v) is 2.56. The van der Waals surface area contributed by atoms with Crippen molar-refractivity contribution in [3.63, 3.8) is 0 Å². The zero-order valence-electron chi connectivity index (χ0n) is 11.3. The molecule has 0 amide bonds. The summed E-state index contributed by atoms with van der Waals surface area (Å²) in [6, 6.07) is 0. The highest BCUT2D eigenvalue weighted by Gasteiger charge is 2.41. The Balaban J connectivity index is 5.29. The van der Waals surface area contributed by atoms with Crippen LogP contribution in [0.4, 0.5) is 8.78 Å². The van der Waals surface area contributed by atoms with Gasteiger partial charge in [0.15, 0.2) is 5.78 Å². The van der Waals surface area contributed by atoms with Crippen LogP contribution in [0.25, 0.3) is 0 Å². The number of alkyl halides is 2. The van der Waals surface area contributed by atoms with Gasteiger partial charge in [-0.3, -0.25) is 4.79 Å². The highest BCUT2D eigenvalue weighted by atomic mass is 19.3. The minimum atomic E-state index is -3.14. The van der Waals surface area contributed by atoms with Crippen molar-refractivity contribution >= 4 is 11.8 Å². The second-order valence-corrected chi connectivity index (χ2v) is 4.20. The van der Waals surface area contributed by atoms with Gasteiger partial charge < -0.3 is 9.64 Å². The molecule has 0 radical (unpaired) electrons. The number of methoxy groups -OCH3 is 1. The van der Waals surface area contributed by atoms with E-state index in [0.717, 1.165) is 14.0 Å². The SMILES string of the molecule is CCC(F)(F)C(C)C(=O)/C(=C/N(C)C)C(=O)OC. The quantitative estimate of drug-likeness (QED) is 0.317. The molecule has 18 heavy (non-hydrogen) atoms. The van der Waals surface area contributed by atoms with Crippen LogP contribution < -0.4 is 0 Å². The van der Waals surface area contributed by atoms with Crippen LogP contribution >= 0.6 is 0 Å². The van der Waals surface area contributed by atoms with Crippen LogP contribution in [0, 0.1) is 5.92 Å². The highest BCUT2D eigenvalue weighted by molar-refractivity contribution is 6.18. The molecule has 0 rings (SSSR count). The maximum Gasteiger partial charge on any atom is 0.343 e. The van der Waals surface area contributed by atoms with Gasteiger partial charge in [0.2, 0.25) is 0 Å². The van der Waals surface area contributed by atoms with Gasteiger partial charge >= 0.3 is 5.97 Å². The van der Waals surface area contributed by atoms with Crippen LogP contribution in [-0.4, -0.2) is 43.8 Å². The lowest BCUT2D eigenvalue weighted by atomic mass is 9.92. The molecule has 0 spiro atoms. The predicted octanol–water partition coefficient (Wildman–Crippen LogP) is 1.86. The molecule has 0 fully saturated rings. The van der Waals surface area contributed by atoms with E-state index >= 15 is 0 Å². The third-order valence-electron chi connectivity index (χ3n) is 2.56. The standard InChI is InChI=1S/C12H19F2NO3/c1-6-12(13,14)8(2)10(16)9(7-15(3)4)11(17)18-5/h7-8H,6H2,1-5H3/b9-7-. The first-order valence-corrected chi connectivity index (χ1v) is 5.56. The molecule has 0 N–H and O–H groups in total. The fraction of sp³-hybridized carbons (Fsp3) is 0.667. The lowest BCUT2D eigenvalue weighted by Crippen LogP contribution is -2.35. The van der Waals surface area contributed by atoms with Gasteiger partial charge in [-0.15, -0.1) is 0 Å². The molecule has 0 aromatic carbocycles. The van der Waals surface area contributed by atoms with Crippen LogP contribution in [0.2, 0.25) is 0 Å². The van der Waals surface area contributed by atoms with Gasteiger partial charge in [-0.05, 0) is 6.92 Å². The summed E-state index contributed by atoms with van der Waals surface area (Å²) in [5.74, 6) is -6.53. The molecular weight excluding hydrogens is 244 g/mol. The first kappa shape index (κ1) is 16.5. The average Bonchev–Trinajstić information content (AvgIpc) is 2.32. The van der Waals surface area contributed by atoms with Crippen molar-refractivity contribution in [3.8, 4) is 0 Å². The highest BCUT2D eigenvalue weighted by Crippen LogP contribution is 2.30. The molecule has 0 saturated heterocycles. The molecule has 0 aromatic rings. The average molecular weight is 263 g/mol. The van der Waals surface area contributed by atoms with E-state index in [1.807, 2.05) is 0 Å². The van der Waals surface area contributed by atoms with Crippen molar-refractivity contribution in [3.05, 3.63) is 11.8 Å². The summed E-state index contributed by atoms with van der Waals surface area (Å²) in [6.45, 7) is 2.40. The van der Waals surface area contributed by atoms with E-state index in [9.17, 15) is 18.4 Å². The molecular formula is C12H19F2NO3. The Bertz CT molecular complexity index is 351. The van der Waals surface area contributed by atoms with Gasteiger partial charge in [0.1, 0.15) is 5.57 Å². The van der Waals surface area contributed by atoms with Gasteiger partial charge in [-0.2, -0.15) is 0 Å². The lowest BCUT2D eigenvalue weighted by Gasteiger charge is -2.22. The smallest absolute Gasteiger partial charge is 0.343 e. The first-order chi connectivity index (χ1) is 8.17. The summed E-state index contributed by atoms with van der Waals surface area (Å²) in [4.78, 5) is 24.8. The molecule has 1 unspecified atom stereocenters. The molecule has 0 aliphatic heterocycles. The van der Waals surface area contributed by atoms with E-state index in [-0.39, 0.29) is 5.57 Å². The van der Waals surface area contributed by atoms with Crippen molar-refractivity contribution in [2.45, 2.75) is 26.2 Å². The molecule has 1 atom stereocenters. The Morgan fingerprint density at radius 3 is 2.22 bits per heavy atom. The molecule has 0 aliphatic carbocycles. The molecule has 0 bridgehead atoms. The molecule has 104 valence electrons. The maximum atomic E-state index is 13.4. The molecule has 6 heteroatoms. The Morgan fingerprint density at radius 1 is 1.39 bits per heavy atom. The van der Waals surface area contributed by atoms with E-state index in [2.05, 4.69) is 4.74 Å². The number of carbonyl (C=O) groups excluding carboxylic acids is 2. The molecule has 0 aromatic heterocycles. The molecule has 0 heterocycles. The summed E-state index contributed by atoms with van der Waals surface area (Å²) < 4.78 is 31.3. The van der Waals surface area contributed by atoms with Crippen LogP contribution in [0.5, 0.6) is 0 Å². The number of carbonyl (C=O) groups is 2. The van der Waals surface area contributed by atoms with Gasteiger partial charge in [0, 0.05) is 26.7 Å². The van der Waals surface area contributed by atoms with E-state index in [1.54, 1.807) is 14.1 Å². The zero-order valence-corrected chi connectivity index (χ0v) is 11.3. The summed E-state index contributed by atoms with van der Waals surface area (Å²) in [7, 11) is 4.26. The topological polar surface area (TPSA) is 46.6 Å². The number of rotatable bonds is 6. The Hall–Kier alpha value is -1.46. The van der Waals surface area contributed by atoms with E-state index < -0.39 is 30.0 Å². The minimum Gasteiger partial charge on any atom is -0.465 e. The van der Waals surface area contributed by atoms with Crippen molar-refractivity contribution in [1.82, 2.24) is 4.90 Å². The second kappa shape index (κ2) is 6.47. The molecule has 4 nitrogen and oxygen atoms in total. The van der Waals surface area contributed by atoms with Crippen molar-refractivity contribution in [2.24, 2.45) is 5.92 Å². The minimum absolute atomic E-state index is 0.372. The third kappa shape index (κ3) is 4.09. The summed E-state index contributed by atoms with van der Waals surface area (Å²) in [6.07, 6.45) is 0.729. The molecule has 0 aliphatic rings. The van der Waals surface area contributed by atoms with E-state index in [1.165, 1.54) is 18.0 Å². The zero-order chi connectivity index (χ0) is 14.5.